The van der Waals surface area contributed by atoms with Crippen LogP contribution < -0.4 is 19.6 Å². The van der Waals surface area contributed by atoms with Crippen LogP contribution in [0, 0.1) is 0 Å². The van der Waals surface area contributed by atoms with Gasteiger partial charge in [-0.15, -0.1) is 11.3 Å². The van der Waals surface area contributed by atoms with E-state index in [0.717, 1.165) is 0 Å². The number of carbonyl (C=O) groups is 2. The van der Waals surface area contributed by atoms with E-state index in [1.807, 2.05) is 0 Å². The molecule has 0 saturated carbocycles. The second kappa shape index (κ2) is 10.8. The highest BCUT2D eigenvalue weighted by molar-refractivity contribution is 7.12. The summed E-state index contributed by atoms with van der Waals surface area (Å²) < 4.78 is 16.0. The number of hydrogen-bond donors (Lipinski definition) is 1. The van der Waals surface area contributed by atoms with Gasteiger partial charge in [0.2, 0.25) is 0 Å². The fourth-order valence-electron chi connectivity index (χ4n) is 2.34. The van der Waals surface area contributed by atoms with Gasteiger partial charge in [0, 0.05) is 11.1 Å². The molecule has 0 saturated heterocycles. The monoisotopic (exact) mass is 478 g/mol. The standard InChI is InChI=1S/C21H16Cl2N2O5S/c1-28-18-9-13(4-7-16(18)30-21(27)19-3-2-8-31-19)11-24-25-20(26)12-29-17-10-14(22)5-6-15(17)23/h2-11H,12H2,1H3,(H,25,26). The summed E-state index contributed by atoms with van der Waals surface area (Å²) in [4.78, 5) is 24.5. The van der Waals surface area contributed by atoms with E-state index >= 15 is 0 Å². The molecule has 3 aromatic rings. The van der Waals surface area contributed by atoms with Gasteiger partial charge in [0.05, 0.1) is 18.3 Å². The lowest BCUT2D eigenvalue weighted by Gasteiger charge is -2.09. The van der Waals surface area contributed by atoms with E-state index in [0.29, 0.717) is 32.0 Å². The summed E-state index contributed by atoms with van der Waals surface area (Å²) in [5.41, 5.74) is 2.96. The summed E-state index contributed by atoms with van der Waals surface area (Å²) in [6, 6.07) is 13.0. The Morgan fingerprint density at radius 1 is 1.10 bits per heavy atom. The second-order valence-corrected chi connectivity index (χ2v) is 7.73. The first-order valence-corrected chi connectivity index (χ1v) is 10.4. The summed E-state index contributed by atoms with van der Waals surface area (Å²) in [6.07, 6.45) is 1.41. The van der Waals surface area contributed by atoms with Gasteiger partial charge in [0.15, 0.2) is 18.1 Å². The number of hydrogen-bond acceptors (Lipinski definition) is 7. The van der Waals surface area contributed by atoms with Crippen molar-refractivity contribution in [3.63, 3.8) is 0 Å². The van der Waals surface area contributed by atoms with E-state index in [1.54, 1.807) is 47.8 Å². The van der Waals surface area contributed by atoms with Gasteiger partial charge >= 0.3 is 5.97 Å². The van der Waals surface area contributed by atoms with Crippen LogP contribution in [0.4, 0.5) is 0 Å². The first-order valence-electron chi connectivity index (χ1n) is 8.79. The Bertz CT molecular complexity index is 1100. The van der Waals surface area contributed by atoms with Crippen molar-refractivity contribution in [1.82, 2.24) is 5.43 Å². The average molecular weight is 479 g/mol. The van der Waals surface area contributed by atoms with Crippen molar-refractivity contribution < 1.29 is 23.8 Å². The van der Waals surface area contributed by atoms with Crippen LogP contribution in [0.3, 0.4) is 0 Å². The van der Waals surface area contributed by atoms with Crippen molar-refractivity contribution >= 4 is 52.6 Å². The van der Waals surface area contributed by atoms with Gasteiger partial charge in [0.25, 0.3) is 5.91 Å². The molecule has 0 atom stereocenters. The SMILES string of the molecule is COc1cc(C=NNC(=O)COc2cc(Cl)ccc2Cl)ccc1OC(=O)c1cccs1. The third-order valence-electron chi connectivity index (χ3n) is 3.77. The minimum absolute atomic E-state index is 0.272. The average Bonchev–Trinajstić information content (AvgIpc) is 3.30. The zero-order valence-electron chi connectivity index (χ0n) is 16.1. The number of carbonyl (C=O) groups excluding carboxylic acids is 2. The van der Waals surface area contributed by atoms with E-state index < -0.39 is 11.9 Å². The molecule has 1 heterocycles. The third-order valence-corrected chi connectivity index (χ3v) is 5.16. The van der Waals surface area contributed by atoms with E-state index in [2.05, 4.69) is 10.5 Å². The second-order valence-electron chi connectivity index (χ2n) is 5.93. The normalized spacial score (nSPS) is 10.7. The predicted molar refractivity (Wildman–Crippen MR) is 120 cm³/mol. The highest BCUT2D eigenvalue weighted by Gasteiger charge is 2.13. The number of nitrogens with one attached hydrogen (secondary N) is 1. The van der Waals surface area contributed by atoms with Crippen molar-refractivity contribution in [2.45, 2.75) is 0 Å². The fraction of sp³-hybridized carbons (Fsp3) is 0.0952. The maximum atomic E-state index is 12.1. The number of rotatable bonds is 8. The molecular formula is C21H16Cl2N2O5S. The number of esters is 1. The molecule has 7 nitrogen and oxygen atoms in total. The molecule has 0 aliphatic heterocycles. The maximum Gasteiger partial charge on any atom is 0.353 e. The van der Waals surface area contributed by atoms with Gasteiger partial charge in [0.1, 0.15) is 10.6 Å². The summed E-state index contributed by atoms with van der Waals surface area (Å²) in [5, 5.41) is 6.44. The lowest BCUT2D eigenvalue weighted by Crippen LogP contribution is -2.24. The molecule has 31 heavy (non-hydrogen) atoms. The molecule has 1 N–H and O–H groups in total. The molecule has 0 aliphatic rings. The molecule has 160 valence electrons. The molecule has 10 heteroatoms. The summed E-state index contributed by atoms with van der Waals surface area (Å²) in [5.74, 6) is -0.0405. The van der Waals surface area contributed by atoms with Crippen LogP contribution in [0.25, 0.3) is 0 Å². The van der Waals surface area contributed by atoms with Gasteiger partial charge in [-0.2, -0.15) is 5.10 Å². The summed E-state index contributed by atoms with van der Waals surface area (Å²) in [7, 11) is 1.46. The van der Waals surface area contributed by atoms with Gasteiger partial charge < -0.3 is 14.2 Å². The number of nitrogens with zero attached hydrogens (tertiary/aromatic N) is 1. The number of halogens is 2. The summed E-state index contributed by atoms with van der Waals surface area (Å²) in [6.45, 7) is -0.293. The van der Waals surface area contributed by atoms with Crippen LogP contribution in [0.2, 0.25) is 10.0 Å². The van der Waals surface area contributed by atoms with Gasteiger partial charge in [-0.05, 0) is 47.3 Å². The van der Waals surface area contributed by atoms with E-state index in [4.69, 9.17) is 37.4 Å². The molecule has 1 aromatic heterocycles. The van der Waals surface area contributed by atoms with Crippen LogP contribution >= 0.6 is 34.5 Å². The van der Waals surface area contributed by atoms with Crippen LogP contribution in [0.5, 0.6) is 17.2 Å². The lowest BCUT2D eigenvalue weighted by atomic mass is 10.2. The van der Waals surface area contributed by atoms with Crippen LogP contribution in [-0.4, -0.2) is 31.8 Å². The molecule has 0 bridgehead atoms. The highest BCUT2D eigenvalue weighted by Crippen LogP contribution is 2.29. The minimum Gasteiger partial charge on any atom is -0.493 e. The van der Waals surface area contributed by atoms with E-state index in [-0.39, 0.29) is 12.4 Å². The Morgan fingerprint density at radius 3 is 2.68 bits per heavy atom. The molecular weight excluding hydrogens is 463 g/mol. The van der Waals surface area contributed by atoms with Crippen molar-refractivity contribution in [2.24, 2.45) is 5.10 Å². The molecule has 1 amide bonds. The van der Waals surface area contributed by atoms with E-state index in [9.17, 15) is 9.59 Å². The zero-order chi connectivity index (χ0) is 22.2. The van der Waals surface area contributed by atoms with E-state index in [1.165, 1.54) is 30.7 Å². The third kappa shape index (κ3) is 6.45. The molecule has 0 radical (unpaired) electrons. The number of hydrazone groups is 1. The quantitative estimate of drug-likeness (QED) is 0.217. The minimum atomic E-state index is -0.485. The fourth-order valence-corrected chi connectivity index (χ4v) is 3.27. The smallest absolute Gasteiger partial charge is 0.353 e. The number of ether oxygens (including phenoxy) is 3. The Labute approximate surface area is 192 Å². The molecule has 0 spiro atoms. The first kappa shape index (κ1) is 22.6. The van der Waals surface area contributed by atoms with Crippen molar-refractivity contribution in [3.05, 3.63) is 74.4 Å². The lowest BCUT2D eigenvalue weighted by molar-refractivity contribution is -0.123. The number of benzene rings is 2. The topological polar surface area (TPSA) is 86.2 Å². The molecule has 3 rings (SSSR count). The Balaban J connectivity index is 1.56. The van der Waals surface area contributed by atoms with Gasteiger partial charge in [-0.25, -0.2) is 10.2 Å². The molecule has 0 unspecified atom stereocenters. The number of thiophene rings is 1. The number of amides is 1. The Hall–Kier alpha value is -3.07. The number of methoxy groups -OCH3 is 1. The summed E-state index contributed by atoms with van der Waals surface area (Å²) >= 11 is 13.1. The van der Waals surface area contributed by atoms with Crippen molar-refractivity contribution in [1.29, 1.82) is 0 Å². The van der Waals surface area contributed by atoms with Gasteiger partial charge in [-0.3, -0.25) is 4.79 Å². The Kier molecular flexibility index (Phi) is 7.88. The first-order chi connectivity index (χ1) is 15.0. The van der Waals surface area contributed by atoms with Crippen molar-refractivity contribution in [3.8, 4) is 17.2 Å². The van der Waals surface area contributed by atoms with Crippen LogP contribution in [0.1, 0.15) is 15.2 Å². The predicted octanol–water partition coefficient (Wildman–Crippen LogP) is 4.81. The molecule has 2 aromatic carbocycles. The van der Waals surface area contributed by atoms with Crippen LogP contribution in [-0.2, 0) is 4.79 Å². The zero-order valence-corrected chi connectivity index (χ0v) is 18.5. The highest BCUT2D eigenvalue weighted by atomic mass is 35.5. The largest absolute Gasteiger partial charge is 0.493 e. The molecule has 0 fully saturated rings. The van der Waals surface area contributed by atoms with Crippen LogP contribution in [0.15, 0.2) is 59.0 Å². The maximum absolute atomic E-state index is 12.1. The molecule has 0 aliphatic carbocycles. The van der Waals surface area contributed by atoms with Gasteiger partial charge in [-0.1, -0.05) is 29.3 Å². The van der Waals surface area contributed by atoms with Crippen molar-refractivity contribution in [2.75, 3.05) is 13.7 Å². The Morgan fingerprint density at radius 2 is 1.94 bits per heavy atom.